The Morgan fingerprint density at radius 3 is 2.11 bits per heavy atom. The van der Waals surface area contributed by atoms with E-state index in [9.17, 15) is 31.2 Å². The van der Waals surface area contributed by atoms with E-state index in [4.69, 9.17) is 0 Å². The molecule has 0 aliphatic rings. The molecule has 0 spiro atoms. The van der Waals surface area contributed by atoms with Crippen molar-refractivity contribution in [2.45, 2.75) is 19.4 Å². The monoisotopic (exact) mass is 417 g/mol. The zero-order valence-electron chi connectivity index (χ0n) is 14.8. The Morgan fingerprint density at radius 2 is 1.64 bits per heavy atom. The number of halogens is 3. The Morgan fingerprint density at radius 1 is 1.07 bits per heavy atom. The van der Waals surface area contributed by atoms with Gasteiger partial charge in [-0.1, -0.05) is 30.3 Å². The van der Waals surface area contributed by atoms with Crippen LogP contribution < -0.4 is 4.18 Å². The topological polar surface area (TPSA) is 99.6 Å². The van der Waals surface area contributed by atoms with Crippen LogP contribution in [-0.4, -0.2) is 37.8 Å². The Bertz CT molecular complexity index is 1030. The number of nitrogens with zero attached hydrogens (tertiary/aromatic N) is 1. The van der Waals surface area contributed by atoms with Crippen molar-refractivity contribution in [1.29, 1.82) is 0 Å². The van der Waals surface area contributed by atoms with Crippen LogP contribution in [0, 0.1) is 6.92 Å². The molecule has 0 bridgehead atoms. The summed E-state index contributed by atoms with van der Waals surface area (Å²) in [7, 11) is -5.02. The summed E-state index contributed by atoms with van der Waals surface area (Å²) in [4.78, 5) is 28.0. The second-order valence-corrected chi connectivity index (χ2v) is 7.08. The number of pyridine rings is 1. The van der Waals surface area contributed by atoms with E-state index in [0.29, 0.717) is 0 Å². The highest BCUT2D eigenvalue weighted by atomic mass is 32.2. The molecule has 0 saturated heterocycles. The molecule has 2 aromatic rings. The van der Waals surface area contributed by atoms with Gasteiger partial charge in [0.25, 0.3) is 0 Å². The summed E-state index contributed by atoms with van der Waals surface area (Å²) in [5.41, 5.74) is -6.55. The quantitative estimate of drug-likeness (QED) is 0.319. The molecule has 150 valence electrons. The predicted octanol–water partition coefficient (Wildman–Crippen LogP) is 3.27. The summed E-state index contributed by atoms with van der Waals surface area (Å²) >= 11 is 0. The van der Waals surface area contributed by atoms with Crippen LogP contribution in [0.5, 0.6) is 5.88 Å². The van der Waals surface area contributed by atoms with E-state index < -0.39 is 38.8 Å². The van der Waals surface area contributed by atoms with Crippen molar-refractivity contribution in [3.63, 3.8) is 0 Å². The van der Waals surface area contributed by atoms with Gasteiger partial charge in [-0.05, 0) is 19.4 Å². The fourth-order valence-corrected chi connectivity index (χ4v) is 2.88. The molecule has 0 aliphatic carbocycles. The van der Waals surface area contributed by atoms with Gasteiger partial charge in [0, 0.05) is 5.56 Å². The second-order valence-electron chi connectivity index (χ2n) is 5.54. The van der Waals surface area contributed by atoms with Gasteiger partial charge in [-0.25, -0.2) is 9.78 Å². The molecule has 0 atom stereocenters. The van der Waals surface area contributed by atoms with Crippen LogP contribution in [0.25, 0.3) is 11.3 Å². The number of esters is 1. The average Bonchev–Trinajstić information content (AvgIpc) is 2.59. The Hall–Kier alpha value is -2.95. The molecule has 2 rings (SSSR count). The summed E-state index contributed by atoms with van der Waals surface area (Å²) in [6.45, 7) is 2.23. The number of hydrogen-bond donors (Lipinski definition) is 0. The molecule has 1 aromatic heterocycles. The number of ether oxygens (including phenoxy) is 1. The van der Waals surface area contributed by atoms with Gasteiger partial charge in [0.15, 0.2) is 5.78 Å². The molecule has 0 amide bonds. The maximum absolute atomic E-state index is 12.7. The Balaban J connectivity index is 2.88. The van der Waals surface area contributed by atoms with Gasteiger partial charge in [-0.2, -0.15) is 21.6 Å². The van der Waals surface area contributed by atoms with E-state index >= 15 is 0 Å². The molecule has 11 heteroatoms. The molecule has 1 aromatic carbocycles. The maximum Gasteiger partial charge on any atom is 0.534 e. The van der Waals surface area contributed by atoms with Gasteiger partial charge in [0.05, 0.1) is 23.9 Å². The lowest BCUT2D eigenvalue weighted by molar-refractivity contribution is -0.0501. The number of carbonyl (C=O) groups is 2. The summed E-state index contributed by atoms with van der Waals surface area (Å²) in [6, 6.07) is 7.76. The zero-order valence-corrected chi connectivity index (χ0v) is 15.6. The van der Waals surface area contributed by atoms with Gasteiger partial charge in [0.1, 0.15) is 0 Å². The van der Waals surface area contributed by atoms with Crippen LogP contribution in [0.3, 0.4) is 0 Å². The molecule has 0 N–H and O–H groups in total. The standard InChI is InChI=1S/C17H14F3NO6S/c1-9-12(10(2)22)15(27-28(24,25)17(18,19)20)21-14(13(9)16(23)26-3)11-7-5-4-6-8-11/h4-8H,1-3H3. The molecule has 28 heavy (non-hydrogen) atoms. The second kappa shape index (κ2) is 7.58. The number of alkyl halides is 3. The minimum absolute atomic E-state index is 0.124. The fraction of sp³-hybridized carbons (Fsp3) is 0.235. The molecule has 0 unspecified atom stereocenters. The van der Waals surface area contributed by atoms with Gasteiger partial charge in [0.2, 0.25) is 5.88 Å². The summed E-state index contributed by atoms with van der Waals surface area (Å²) in [5.74, 6) is -2.83. The summed E-state index contributed by atoms with van der Waals surface area (Å²) in [5, 5.41) is 0. The van der Waals surface area contributed by atoms with Gasteiger partial charge >= 0.3 is 21.6 Å². The molecular formula is C17H14F3NO6S. The summed E-state index contributed by atoms with van der Waals surface area (Å²) < 4.78 is 69.9. The largest absolute Gasteiger partial charge is 0.534 e. The lowest BCUT2D eigenvalue weighted by atomic mass is 9.96. The van der Waals surface area contributed by atoms with Crippen LogP contribution in [0.4, 0.5) is 13.2 Å². The van der Waals surface area contributed by atoms with Crippen molar-refractivity contribution in [3.05, 3.63) is 47.0 Å². The van der Waals surface area contributed by atoms with Crippen molar-refractivity contribution in [2.75, 3.05) is 7.11 Å². The number of rotatable bonds is 5. The number of Topliss-reactive ketones (excluding diaryl/α,β-unsaturated/α-hetero) is 1. The highest BCUT2D eigenvalue weighted by molar-refractivity contribution is 7.88. The molecule has 0 fully saturated rings. The van der Waals surface area contributed by atoms with Gasteiger partial charge < -0.3 is 8.92 Å². The van der Waals surface area contributed by atoms with Gasteiger partial charge in [-0.15, -0.1) is 0 Å². The molecule has 0 saturated carbocycles. The van der Waals surface area contributed by atoms with Crippen LogP contribution >= 0.6 is 0 Å². The van der Waals surface area contributed by atoms with Crippen molar-refractivity contribution in [2.24, 2.45) is 0 Å². The first-order chi connectivity index (χ1) is 12.9. The van der Waals surface area contributed by atoms with E-state index in [1.165, 1.54) is 19.1 Å². The average molecular weight is 417 g/mol. The SMILES string of the molecule is COC(=O)c1c(-c2ccccc2)nc(OS(=O)(=O)C(F)(F)F)c(C(C)=O)c1C. The third-order valence-corrected chi connectivity index (χ3v) is 4.62. The zero-order chi connectivity index (χ0) is 21.3. The van der Waals surface area contributed by atoms with E-state index in [1.54, 1.807) is 18.2 Å². The predicted molar refractivity (Wildman–Crippen MR) is 91.4 cm³/mol. The third kappa shape index (κ3) is 3.98. The maximum atomic E-state index is 12.7. The number of methoxy groups -OCH3 is 1. The van der Waals surface area contributed by atoms with Crippen LogP contribution in [0.15, 0.2) is 30.3 Å². The van der Waals surface area contributed by atoms with E-state index in [-0.39, 0.29) is 22.4 Å². The first kappa shape index (κ1) is 21.4. The summed E-state index contributed by atoms with van der Waals surface area (Å²) in [6.07, 6.45) is 0. The minimum Gasteiger partial charge on any atom is -0.465 e. The van der Waals surface area contributed by atoms with Crippen LogP contribution in [0.1, 0.15) is 33.2 Å². The minimum atomic E-state index is -6.09. The highest BCUT2D eigenvalue weighted by Gasteiger charge is 2.49. The highest BCUT2D eigenvalue weighted by Crippen LogP contribution is 2.35. The van der Waals surface area contributed by atoms with Crippen molar-refractivity contribution in [1.82, 2.24) is 4.98 Å². The number of hydrogen-bond acceptors (Lipinski definition) is 7. The normalized spacial score (nSPS) is 11.8. The molecule has 0 aliphatic heterocycles. The van der Waals surface area contributed by atoms with E-state index in [0.717, 1.165) is 14.0 Å². The van der Waals surface area contributed by atoms with Crippen LogP contribution in [-0.2, 0) is 14.9 Å². The number of ketones is 1. The van der Waals surface area contributed by atoms with Crippen LogP contribution in [0.2, 0.25) is 0 Å². The van der Waals surface area contributed by atoms with E-state index in [1.807, 2.05) is 0 Å². The molecule has 1 heterocycles. The Labute approximate surface area is 158 Å². The number of carbonyl (C=O) groups excluding carboxylic acids is 2. The van der Waals surface area contributed by atoms with E-state index in [2.05, 4.69) is 13.9 Å². The van der Waals surface area contributed by atoms with Crippen molar-refractivity contribution in [3.8, 4) is 17.1 Å². The Kier molecular flexibility index (Phi) is 5.78. The third-order valence-electron chi connectivity index (χ3n) is 3.67. The number of benzene rings is 1. The smallest absolute Gasteiger partial charge is 0.465 e. The van der Waals surface area contributed by atoms with Crippen molar-refractivity contribution < 1.29 is 40.1 Å². The molecule has 0 radical (unpaired) electrons. The first-order valence-electron chi connectivity index (χ1n) is 7.60. The fourth-order valence-electron chi connectivity index (χ4n) is 2.46. The van der Waals surface area contributed by atoms with Crippen molar-refractivity contribution >= 4 is 21.9 Å². The molecule has 7 nitrogen and oxygen atoms in total. The first-order valence-corrected chi connectivity index (χ1v) is 9.01. The lowest BCUT2D eigenvalue weighted by Crippen LogP contribution is -2.29. The number of aromatic nitrogens is 1. The lowest BCUT2D eigenvalue weighted by Gasteiger charge is -2.17. The molecular weight excluding hydrogens is 403 g/mol. The van der Waals surface area contributed by atoms with Gasteiger partial charge in [-0.3, -0.25) is 4.79 Å².